The molecule has 3 heteroatoms. The first kappa shape index (κ1) is 27.4. The lowest BCUT2D eigenvalue weighted by Crippen LogP contribution is -1.99. The standard InChI is InChI=1S/C40H29O3/c41-29-30(21-23-31-25-37(33-13-5-1-6-14-33)42-38(26-31)34-15-7-2-8-16-34)22-24-32-27-39(35-17-9-3-10-18-35)43-40(28-32)36-19-11-4-12-20-36/h1-29H/q+1. The van der Waals surface area contributed by atoms with Gasteiger partial charge in [-0.3, -0.25) is 4.79 Å². The van der Waals surface area contributed by atoms with Gasteiger partial charge in [0.25, 0.3) is 0 Å². The molecular weight excluding hydrogens is 528 g/mol. The molecule has 3 nitrogen and oxygen atoms in total. The number of benzene rings is 4. The molecule has 43 heavy (non-hydrogen) atoms. The van der Waals surface area contributed by atoms with Crippen LogP contribution in [0.4, 0.5) is 0 Å². The molecule has 0 spiro atoms. The molecule has 4 aromatic carbocycles. The number of rotatable bonds is 8. The Kier molecular flexibility index (Phi) is 8.43. The molecule has 1 aliphatic rings. The third-order valence-electron chi connectivity index (χ3n) is 6.94. The van der Waals surface area contributed by atoms with Crippen LogP contribution in [0, 0.1) is 0 Å². The molecule has 0 saturated heterocycles. The summed E-state index contributed by atoms with van der Waals surface area (Å²) in [7, 11) is 0. The SMILES string of the molecule is O=CC(=C\C=C1C=C(c2ccccc2)OC(c2ccccc2)=C1)/C=C/c1cc(-c2ccccc2)[o+]c(-c2ccccc2)c1. The van der Waals surface area contributed by atoms with Crippen LogP contribution < -0.4 is 0 Å². The van der Waals surface area contributed by atoms with Gasteiger partial charge >= 0.3 is 11.5 Å². The molecule has 0 fully saturated rings. The quantitative estimate of drug-likeness (QED) is 0.0824. The highest BCUT2D eigenvalue weighted by molar-refractivity contribution is 5.82. The van der Waals surface area contributed by atoms with Gasteiger partial charge in [0.1, 0.15) is 17.8 Å². The van der Waals surface area contributed by atoms with Crippen molar-refractivity contribution in [2.24, 2.45) is 0 Å². The average Bonchev–Trinajstić information content (AvgIpc) is 3.09. The van der Waals surface area contributed by atoms with Crippen LogP contribution in [0.25, 0.3) is 40.2 Å². The molecule has 0 saturated carbocycles. The van der Waals surface area contributed by atoms with Crippen LogP contribution in [-0.4, -0.2) is 6.29 Å². The molecule has 1 aromatic heterocycles. The maximum Gasteiger partial charge on any atom is 0.361 e. The van der Waals surface area contributed by atoms with Crippen molar-refractivity contribution in [2.75, 3.05) is 0 Å². The minimum Gasteiger partial charge on any atom is -0.456 e. The number of aldehydes is 1. The Balaban J connectivity index is 1.34. The number of hydrogen-bond acceptors (Lipinski definition) is 2. The Hall–Kier alpha value is -5.80. The van der Waals surface area contributed by atoms with E-state index in [2.05, 4.69) is 0 Å². The summed E-state index contributed by atoms with van der Waals surface area (Å²) < 4.78 is 12.6. The zero-order chi connectivity index (χ0) is 29.3. The fraction of sp³-hybridized carbons (Fsp3) is 0. The third-order valence-corrected chi connectivity index (χ3v) is 6.94. The van der Waals surface area contributed by atoms with Crippen molar-refractivity contribution < 1.29 is 13.9 Å². The van der Waals surface area contributed by atoms with Gasteiger partial charge in [0.2, 0.25) is 0 Å². The highest BCUT2D eigenvalue weighted by atomic mass is 16.5. The van der Waals surface area contributed by atoms with Gasteiger partial charge in [-0.1, -0.05) is 121 Å². The molecule has 2 heterocycles. The zero-order valence-electron chi connectivity index (χ0n) is 23.5. The van der Waals surface area contributed by atoms with Gasteiger partial charge in [0, 0.05) is 16.7 Å². The van der Waals surface area contributed by atoms with Crippen molar-refractivity contribution in [1.82, 2.24) is 0 Å². The number of carbonyl (C=O) groups is 1. The second-order valence-corrected chi connectivity index (χ2v) is 9.99. The van der Waals surface area contributed by atoms with E-state index in [1.54, 1.807) is 0 Å². The van der Waals surface area contributed by atoms with E-state index < -0.39 is 0 Å². The van der Waals surface area contributed by atoms with E-state index >= 15 is 0 Å². The number of carbonyl (C=O) groups excluding carboxylic acids is 1. The Morgan fingerprint density at radius 2 is 1.02 bits per heavy atom. The summed E-state index contributed by atoms with van der Waals surface area (Å²) in [6.45, 7) is 0. The summed E-state index contributed by atoms with van der Waals surface area (Å²) in [5.74, 6) is 3.00. The molecule has 0 radical (unpaired) electrons. The van der Waals surface area contributed by atoms with Gasteiger partial charge in [0.15, 0.2) is 0 Å². The summed E-state index contributed by atoms with van der Waals surface area (Å²) >= 11 is 0. The van der Waals surface area contributed by atoms with Crippen molar-refractivity contribution in [3.05, 3.63) is 192 Å². The second-order valence-electron chi connectivity index (χ2n) is 9.99. The molecule has 0 amide bonds. The van der Waals surface area contributed by atoms with Crippen molar-refractivity contribution >= 4 is 23.9 Å². The normalized spacial score (nSPS) is 13.2. The Morgan fingerprint density at radius 1 is 0.581 bits per heavy atom. The predicted octanol–water partition coefficient (Wildman–Crippen LogP) is 10.1. The lowest BCUT2D eigenvalue weighted by Gasteiger charge is -2.19. The van der Waals surface area contributed by atoms with Crippen LogP contribution in [0.1, 0.15) is 16.7 Å². The molecule has 0 atom stereocenters. The van der Waals surface area contributed by atoms with E-state index in [0.29, 0.717) is 5.57 Å². The molecular formula is C40H29O3+. The Labute approximate surface area is 251 Å². The van der Waals surface area contributed by atoms with Gasteiger partial charge < -0.3 is 4.74 Å². The van der Waals surface area contributed by atoms with E-state index in [4.69, 9.17) is 9.15 Å². The van der Waals surface area contributed by atoms with Crippen molar-refractivity contribution in [1.29, 1.82) is 0 Å². The maximum atomic E-state index is 12.1. The molecule has 0 unspecified atom stereocenters. The van der Waals surface area contributed by atoms with Gasteiger partial charge in [-0.15, -0.1) is 0 Å². The fourth-order valence-electron chi connectivity index (χ4n) is 4.73. The molecule has 0 N–H and O–H groups in total. The maximum absolute atomic E-state index is 12.1. The van der Waals surface area contributed by atoms with Crippen LogP contribution >= 0.6 is 0 Å². The average molecular weight is 558 g/mol. The van der Waals surface area contributed by atoms with E-state index in [0.717, 1.165) is 62.7 Å². The molecule has 6 rings (SSSR count). The lowest BCUT2D eigenvalue weighted by molar-refractivity contribution is -0.104. The van der Waals surface area contributed by atoms with Crippen molar-refractivity contribution in [3.8, 4) is 22.6 Å². The van der Waals surface area contributed by atoms with Crippen LogP contribution in [0.15, 0.2) is 179 Å². The molecule has 0 aliphatic carbocycles. The van der Waals surface area contributed by atoms with Gasteiger partial charge in [0.05, 0.1) is 23.3 Å². The van der Waals surface area contributed by atoms with Crippen molar-refractivity contribution in [2.45, 2.75) is 0 Å². The summed E-state index contributed by atoms with van der Waals surface area (Å²) in [5.41, 5.74) is 6.30. The van der Waals surface area contributed by atoms with Crippen LogP contribution in [0.3, 0.4) is 0 Å². The van der Waals surface area contributed by atoms with E-state index in [1.807, 2.05) is 170 Å². The topological polar surface area (TPSA) is 37.6 Å². The first-order valence-electron chi connectivity index (χ1n) is 14.1. The van der Waals surface area contributed by atoms with E-state index in [9.17, 15) is 4.79 Å². The Morgan fingerprint density at radius 3 is 1.47 bits per heavy atom. The van der Waals surface area contributed by atoms with Gasteiger partial charge in [-0.2, -0.15) is 0 Å². The van der Waals surface area contributed by atoms with E-state index in [-0.39, 0.29) is 0 Å². The van der Waals surface area contributed by atoms with Crippen LogP contribution in [-0.2, 0) is 9.53 Å². The van der Waals surface area contributed by atoms with Crippen molar-refractivity contribution in [3.63, 3.8) is 0 Å². The highest BCUT2D eigenvalue weighted by Crippen LogP contribution is 2.32. The first-order chi connectivity index (χ1) is 21.2. The number of hydrogen-bond donors (Lipinski definition) is 0. The lowest BCUT2D eigenvalue weighted by atomic mass is 10.0. The smallest absolute Gasteiger partial charge is 0.361 e. The fourth-order valence-corrected chi connectivity index (χ4v) is 4.73. The molecule has 1 aliphatic heterocycles. The monoisotopic (exact) mass is 557 g/mol. The van der Waals surface area contributed by atoms with Gasteiger partial charge in [-0.25, -0.2) is 4.42 Å². The van der Waals surface area contributed by atoms with Crippen LogP contribution in [0.5, 0.6) is 0 Å². The second kappa shape index (κ2) is 13.2. The minimum atomic E-state index is 0.534. The summed E-state index contributed by atoms with van der Waals surface area (Å²) in [5, 5.41) is 0. The van der Waals surface area contributed by atoms with E-state index in [1.165, 1.54) is 0 Å². The predicted molar refractivity (Wildman–Crippen MR) is 175 cm³/mol. The van der Waals surface area contributed by atoms with Crippen LogP contribution in [0.2, 0.25) is 0 Å². The molecule has 5 aromatic rings. The largest absolute Gasteiger partial charge is 0.456 e. The highest BCUT2D eigenvalue weighted by Gasteiger charge is 2.19. The minimum absolute atomic E-state index is 0.534. The molecule has 0 bridgehead atoms. The van der Waals surface area contributed by atoms with Gasteiger partial charge in [-0.05, 0) is 47.6 Å². The molecule has 206 valence electrons. The number of ether oxygens (including phenoxy) is 1. The summed E-state index contributed by atoms with van der Waals surface area (Å²) in [4.78, 5) is 12.1. The summed E-state index contributed by atoms with van der Waals surface area (Å²) in [6, 6.07) is 44.0. The summed E-state index contributed by atoms with van der Waals surface area (Å²) in [6.07, 6.45) is 12.4. The third kappa shape index (κ3) is 6.92. The Bertz CT molecular complexity index is 1750. The zero-order valence-corrected chi connectivity index (χ0v) is 23.5. The first-order valence-corrected chi connectivity index (χ1v) is 14.1. The number of allylic oxidation sites excluding steroid dienone is 7.